The Morgan fingerprint density at radius 2 is 1.23 bits per heavy atom. The Morgan fingerprint density at radius 3 is 1.78 bits per heavy atom. The molecule has 0 aromatic heterocycles. The first-order valence-electron chi connectivity index (χ1n) is 26.2. The molecule has 9 amide bonds. The Bertz CT molecular complexity index is 2310. The van der Waals surface area contributed by atoms with E-state index < -0.39 is 163 Å². The van der Waals surface area contributed by atoms with Gasteiger partial charge in [0.15, 0.2) is 0 Å². The van der Waals surface area contributed by atoms with Crippen molar-refractivity contribution in [1.29, 1.82) is 0 Å². The number of hydrogen-bond donors (Lipinski definition) is 16. The van der Waals surface area contributed by atoms with Crippen LogP contribution in [0.2, 0.25) is 0 Å². The van der Waals surface area contributed by atoms with Crippen LogP contribution in [0.25, 0.3) is 0 Å². The number of carbonyl (C=O) groups excluding carboxylic acids is 9. The molecule has 1 aromatic rings. The second-order valence-corrected chi connectivity index (χ2v) is 20.0. The zero-order chi connectivity index (χ0) is 59.1. The summed E-state index contributed by atoms with van der Waals surface area (Å²) in [6, 6.07) is -8.86. The van der Waals surface area contributed by atoms with E-state index in [1.54, 1.807) is 13.8 Å². The molecule has 29 heteroatoms. The van der Waals surface area contributed by atoms with Crippen LogP contribution in [0.4, 0.5) is 0 Å². The molecule has 79 heavy (non-hydrogen) atoms. The number of nitrogens with one attached hydrogen (secondary N) is 9. The van der Waals surface area contributed by atoms with Gasteiger partial charge in [0.2, 0.25) is 53.2 Å². The average Bonchev–Trinajstić information content (AvgIpc) is 4.13. The second-order valence-electron chi connectivity index (χ2n) is 20.0. The van der Waals surface area contributed by atoms with E-state index in [0.717, 1.165) is 11.3 Å². The largest absolute Gasteiger partial charge is 0.508 e. The van der Waals surface area contributed by atoms with Gasteiger partial charge in [-0.25, -0.2) is 4.79 Å². The lowest BCUT2D eigenvalue weighted by atomic mass is 9.99. The van der Waals surface area contributed by atoms with Crippen molar-refractivity contribution in [2.45, 2.75) is 171 Å². The van der Waals surface area contributed by atoms with Gasteiger partial charge in [0.05, 0.1) is 25.2 Å². The molecule has 0 bridgehead atoms. The van der Waals surface area contributed by atoms with Gasteiger partial charge >= 0.3 is 17.9 Å². The summed E-state index contributed by atoms with van der Waals surface area (Å²) in [4.78, 5) is 159. The maximum absolute atomic E-state index is 14.3. The lowest BCUT2D eigenvalue weighted by molar-refractivity contribution is -0.147. The van der Waals surface area contributed by atoms with Gasteiger partial charge in [-0.3, -0.25) is 52.7 Å². The van der Waals surface area contributed by atoms with Gasteiger partial charge in [0, 0.05) is 19.4 Å². The number of benzene rings is 1. The van der Waals surface area contributed by atoms with Crippen LogP contribution in [-0.4, -0.2) is 199 Å². The van der Waals surface area contributed by atoms with Crippen LogP contribution in [0.15, 0.2) is 24.3 Å². The van der Waals surface area contributed by atoms with Crippen LogP contribution in [0, 0.1) is 5.92 Å². The number of phenols is 1. The summed E-state index contributed by atoms with van der Waals surface area (Å²) in [5.41, 5.74) is 6.02. The van der Waals surface area contributed by atoms with Crippen molar-refractivity contribution < 1.29 is 88.2 Å². The number of nitrogens with zero attached hydrogens (tertiary/aromatic N) is 1. The molecule has 0 saturated carbocycles. The molecule has 2 aliphatic heterocycles. The molecule has 0 aliphatic carbocycles. The molecule has 17 N–H and O–H groups in total. The Labute approximate surface area is 455 Å². The van der Waals surface area contributed by atoms with E-state index in [0.29, 0.717) is 24.9 Å². The summed E-state index contributed by atoms with van der Waals surface area (Å²) in [7, 11) is 0. The predicted octanol–water partition coefficient (Wildman–Crippen LogP) is -4.45. The number of carbonyl (C=O) groups is 12. The fourth-order valence-corrected chi connectivity index (χ4v) is 8.73. The first-order valence-corrected chi connectivity index (χ1v) is 26.2. The number of hydrogen-bond acceptors (Lipinski definition) is 17. The summed E-state index contributed by atoms with van der Waals surface area (Å²) in [6.45, 7) is 5.67. The molecule has 2 aliphatic rings. The van der Waals surface area contributed by atoms with E-state index in [4.69, 9.17) is 5.73 Å². The number of rotatable bonds is 33. The van der Waals surface area contributed by atoms with E-state index >= 15 is 0 Å². The standard InChI is InChI=1S/C50H77N11O18/c1-25(2)21-33(45(73)57-34(22-28-12-14-29(64)15-13-28)46(74)54-31(9-5-6-18-51)43(71)58-35(50(78)79)23-39(67)68)56-44(72)32(16-17-38(65)66)55-47(75)37-11-8-20-61(37)49(77)36(24-62)59-41(69)26(3)53-48(76)40(27(4)63)60-42(70)30-10-7-19-52-30/h12-15,25-27,30-37,40,52,62-64H,5-11,16-24,51H2,1-4H3,(H,53,76)(H,54,74)(H,55,75)(H,56,72)(H,57,73)(H,58,71)(H,59,69)(H,60,70)(H,65,66)(H,67,68)(H,78,79)/t26-,27+,30-,31-,32-,33-,34-,35-,36-,37-,40-/m0/s1. The molecule has 0 spiro atoms. The van der Waals surface area contributed by atoms with Gasteiger partial charge in [0.25, 0.3) is 0 Å². The topological polar surface area (TPSA) is 464 Å². The number of aliphatic carboxylic acids is 3. The molecule has 2 fully saturated rings. The van der Waals surface area contributed by atoms with E-state index in [1.165, 1.54) is 38.1 Å². The molecule has 29 nitrogen and oxygen atoms in total. The van der Waals surface area contributed by atoms with Crippen LogP contribution >= 0.6 is 0 Å². The van der Waals surface area contributed by atoms with Gasteiger partial charge in [-0.2, -0.15) is 0 Å². The SMILES string of the molecule is CC(C)C[C@H](NC(=O)[C@H](CCC(=O)O)NC(=O)[C@@H]1CCCN1C(=O)[C@H](CO)NC(=O)[C@H](C)NC(=O)[C@@H](NC(=O)[C@@H]1CCCN1)[C@@H](C)O)C(=O)N[C@@H](Cc1ccc(O)cc1)C(=O)N[C@@H](CCCCN)C(=O)N[C@@H](CC(=O)O)C(=O)O. The van der Waals surface area contributed by atoms with Crippen LogP contribution in [0.5, 0.6) is 5.75 Å². The summed E-state index contributed by atoms with van der Waals surface area (Å²) < 4.78 is 0. The lowest BCUT2D eigenvalue weighted by Crippen LogP contribution is -2.61. The first kappa shape index (κ1) is 65.8. The Morgan fingerprint density at radius 1 is 0.646 bits per heavy atom. The molecule has 11 atom stereocenters. The van der Waals surface area contributed by atoms with Crippen LogP contribution in [0.1, 0.15) is 104 Å². The number of carboxylic acids is 3. The van der Waals surface area contributed by atoms with Crippen LogP contribution in [-0.2, 0) is 64.0 Å². The zero-order valence-electron chi connectivity index (χ0n) is 44.7. The molecular formula is C50H77N11O18. The number of amides is 9. The summed E-state index contributed by atoms with van der Waals surface area (Å²) >= 11 is 0. The lowest BCUT2D eigenvalue weighted by Gasteiger charge is -2.30. The highest BCUT2D eigenvalue weighted by molar-refractivity contribution is 5.99. The Balaban J connectivity index is 1.82. The molecule has 2 saturated heterocycles. The van der Waals surface area contributed by atoms with Crippen molar-refractivity contribution in [3.63, 3.8) is 0 Å². The number of likely N-dealkylation sites (tertiary alicyclic amines) is 1. The van der Waals surface area contributed by atoms with Crippen molar-refractivity contribution in [3.05, 3.63) is 29.8 Å². The van der Waals surface area contributed by atoms with Crippen LogP contribution in [0.3, 0.4) is 0 Å². The number of carboxylic acid groups (broad SMARTS) is 3. The normalized spacial score (nSPS) is 18.4. The first-order chi connectivity index (χ1) is 37.3. The summed E-state index contributed by atoms with van der Waals surface area (Å²) in [5, 5.41) is 81.2. The molecule has 2 heterocycles. The van der Waals surface area contributed by atoms with Gasteiger partial charge in [-0.1, -0.05) is 26.0 Å². The van der Waals surface area contributed by atoms with Crippen molar-refractivity contribution in [2.24, 2.45) is 11.7 Å². The third kappa shape index (κ3) is 21.7. The number of nitrogens with two attached hydrogens (primary N) is 1. The number of aromatic hydroxyl groups is 1. The van der Waals surface area contributed by atoms with E-state index in [2.05, 4.69) is 47.9 Å². The average molecular weight is 1120 g/mol. The molecule has 0 unspecified atom stereocenters. The quantitative estimate of drug-likeness (QED) is 0.0295. The predicted molar refractivity (Wildman–Crippen MR) is 277 cm³/mol. The Kier molecular flexibility index (Phi) is 27.0. The molecule has 440 valence electrons. The zero-order valence-corrected chi connectivity index (χ0v) is 44.7. The maximum Gasteiger partial charge on any atom is 0.326 e. The highest BCUT2D eigenvalue weighted by Gasteiger charge is 2.41. The third-order valence-corrected chi connectivity index (χ3v) is 13.0. The summed E-state index contributed by atoms with van der Waals surface area (Å²) in [5.74, 6) is -13.3. The highest BCUT2D eigenvalue weighted by Crippen LogP contribution is 2.20. The highest BCUT2D eigenvalue weighted by atomic mass is 16.4. The van der Waals surface area contributed by atoms with E-state index in [1.807, 2.05) is 0 Å². The number of phenolic OH excluding ortho intramolecular Hbond substituents is 1. The van der Waals surface area contributed by atoms with Crippen molar-refractivity contribution in [1.82, 2.24) is 52.8 Å². The molecule has 0 radical (unpaired) electrons. The third-order valence-electron chi connectivity index (χ3n) is 13.0. The van der Waals surface area contributed by atoms with Crippen molar-refractivity contribution in [2.75, 3.05) is 26.2 Å². The van der Waals surface area contributed by atoms with Crippen molar-refractivity contribution >= 4 is 71.1 Å². The number of unbranched alkanes of at least 4 members (excludes halogenated alkanes) is 1. The number of aliphatic hydroxyl groups is 2. The number of aliphatic hydroxyl groups excluding tert-OH is 2. The summed E-state index contributed by atoms with van der Waals surface area (Å²) in [6.07, 6.45) is -1.88. The minimum Gasteiger partial charge on any atom is -0.508 e. The molecule has 1 aromatic carbocycles. The monoisotopic (exact) mass is 1120 g/mol. The van der Waals surface area contributed by atoms with Gasteiger partial charge < -0.3 is 89.1 Å². The second kappa shape index (κ2) is 32.4. The van der Waals surface area contributed by atoms with Gasteiger partial charge in [0.1, 0.15) is 60.1 Å². The van der Waals surface area contributed by atoms with Gasteiger partial charge in [-0.15, -0.1) is 0 Å². The Hall–Kier alpha value is -7.50. The molecule has 3 rings (SSSR count). The fraction of sp³-hybridized carbons (Fsp3) is 0.640. The maximum atomic E-state index is 14.3. The fourth-order valence-electron chi connectivity index (χ4n) is 8.73. The van der Waals surface area contributed by atoms with Crippen molar-refractivity contribution in [3.8, 4) is 5.75 Å². The minimum atomic E-state index is -1.87. The van der Waals surface area contributed by atoms with Gasteiger partial charge in [-0.05, 0) is 108 Å². The van der Waals surface area contributed by atoms with E-state index in [9.17, 15) is 88.2 Å². The van der Waals surface area contributed by atoms with Crippen LogP contribution < -0.4 is 53.6 Å². The molecular weight excluding hydrogens is 1040 g/mol. The minimum absolute atomic E-state index is 0.0209. The van der Waals surface area contributed by atoms with E-state index in [-0.39, 0.29) is 63.3 Å². The smallest absolute Gasteiger partial charge is 0.326 e.